The first-order valence-electron chi connectivity index (χ1n) is 21.3. The zero-order valence-electron chi connectivity index (χ0n) is 35.7. The van der Waals surface area contributed by atoms with Crippen molar-refractivity contribution in [2.24, 2.45) is 5.92 Å². The van der Waals surface area contributed by atoms with Crippen LogP contribution in [-0.4, -0.2) is 0 Å². The molecule has 8 rings (SSSR count). The van der Waals surface area contributed by atoms with Crippen LogP contribution in [0.25, 0.3) is 44.7 Å². The molecule has 8 aromatic carbocycles. The summed E-state index contributed by atoms with van der Waals surface area (Å²) in [7, 11) is 0. The lowest BCUT2D eigenvalue weighted by atomic mass is 9.77. The summed E-state index contributed by atoms with van der Waals surface area (Å²) in [5, 5.41) is 2.59. The summed E-state index contributed by atoms with van der Waals surface area (Å²) in [6.45, 7) is 11.1. The summed E-state index contributed by atoms with van der Waals surface area (Å²) in [5.41, 5.74) is 15.5. The van der Waals surface area contributed by atoms with Gasteiger partial charge in [0.05, 0.1) is 0 Å². The predicted octanol–water partition coefficient (Wildman–Crippen LogP) is 16.8. The highest BCUT2D eigenvalue weighted by atomic mass is 14.3. The van der Waals surface area contributed by atoms with Crippen LogP contribution in [0, 0.1) is 12.8 Å². The highest BCUT2D eigenvalue weighted by Gasteiger charge is 2.23. The number of hydrogen-bond acceptors (Lipinski definition) is 0. The van der Waals surface area contributed by atoms with Crippen LogP contribution in [0.5, 0.6) is 0 Å². The minimum absolute atomic E-state index is 0.297. The van der Waals surface area contributed by atoms with Crippen LogP contribution >= 0.6 is 0 Å². The van der Waals surface area contributed by atoms with Crippen molar-refractivity contribution in [1.82, 2.24) is 0 Å². The zero-order valence-corrected chi connectivity index (χ0v) is 35.7. The van der Waals surface area contributed by atoms with Crippen molar-refractivity contribution in [2.75, 3.05) is 0 Å². The Kier molecular flexibility index (Phi) is 14.0. The Morgan fingerprint density at radius 1 is 0.433 bits per heavy atom. The predicted molar refractivity (Wildman–Crippen MR) is 261 cm³/mol. The maximum atomic E-state index is 2.37. The monoisotopic (exact) mass is 776 g/mol. The fraction of sp³-hybridized carbons (Fsp3) is 0.133. The summed E-state index contributed by atoms with van der Waals surface area (Å²) in [4.78, 5) is 0. The number of hydrogen-bond donors (Lipinski definition) is 0. The highest BCUT2D eigenvalue weighted by molar-refractivity contribution is 5.83. The lowest BCUT2D eigenvalue weighted by molar-refractivity contribution is 0.658. The van der Waals surface area contributed by atoms with E-state index in [1.807, 2.05) is 6.07 Å². The van der Waals surface area contributed by atoms with Crippen LogP contribution in [0.15, 0.2) is 230 Å². The van der Waals surface area contributed by atoms with Crippen LogP contribution in [0.3, 0.4) is 0 Å². The minimum atomic E-state index is 0.297. The van der Waals surface area contributed by atoms with Gasteiger partial charge < -0.3 is 0 Å². The van der Waals surface area contributed by atoms with E-state index in [1.54, 1.807) is 0 Å². The Labute approximate surface area is 359 Å². The maximum Gasteiger partial charge on any atom is 0.0156 e. The van der Waals surface area contributed by atoms with Gasteiger partial charge >= 0.3 is 0 Å². The highest BCUT2D eigenvalue weighted by Crippen LogP contribution is 2.40. The SMILES string of the molecule is C\C(=C/C=C(/C=C/c1ccc(-c2ccccc2)cc1)C(C)C)c1ccccc1.Cc1ccc(-c2ccc(C(C)C(c3ccccc3)c3ccc4ccccc4c3)cc2)cc1. The van der Waals surface area contributed by atoms with Gasteiger partial charge in [0.1, 0.15) is 0 Å². The minimum Gasteiger partial charge on any atom is -0.0622 e. The van der Waals surface area contributed by atoms with Crippen molar-refractivity contribution < 1.29 is 0 Å². The third kappa shape index (κ3) is 10.8. The summed E-state index contributed by atoms with van der Waals surface area (Å²) in [6, 6.07) is 74.1. The second-order valence-corrected chi connectivity index (χ2v) is 16.1. The molecular formula is C60H56. The molecule has 0 heteroatoms. The molecule has 0 nitrogen and oxygen atoms in total. The van der Waals surface area contributed by atoms with Gasteiger partial charge in [-0.15, -0.1) is 0 Å². The number of rotatable bonds is 11. The lowest BCUT2D eigenvalue weighted by Crippen LogP contribution is -2.10. The third-order valence-corrected chi connectivity index (χ3v) is 11.5. The van der Waals surface area contributed by atoms with Gasteiger partial charge in [-0.2, -0.15) is 0 Å². The van der Waals surface area contributed by atoms with E-state index in [4.69, 9.17) is 0 Å². The van der Waals surface area contributed by atoms with Gasteiger partial charge in [0.2, 0.25) is 0 Å². The number of aryl methyl sites for hydroxylation is 1. The largest absolute Gasteiger partial charge is 0.0622 e. The second-order valence-electron chi connectivity index (χ2n) is 16.1. The van der Waals surface area contributed by atoms with E-state index in [2.05, 4.69) is 259 Å². The zero-order chi connectivity index (χ0) is 41.7. The van der Waals surface area contributed by atoms with Crippen molar-refractivity contribution in [3.8, 4) is 22.3 Å². The van der Waals surface area contributed by atoms with E-state index in [9.17, 15) is 0 Å². The molecule has 0 saturated carbocycles. The van der Waals surface area contributed by atoms with Crippen molar-refractivity contribution in [2.45, 2.75) is 46.5 Å². The molecule has 0 N–H and O–H groups in total. The molecule has 8 aromatic rings. The van der Waals surface area contributed by atoms with E-state index < -0.39 is 0 Å². The smallest absolute Gasteiger partial charge is 0.0156 e. The van der Waals surface area contributed by atoms with E-state index in [0.717, 1.165) is 0 Å². The molecule has 2 unspecified atom stereocenters. The molecule has 0 aliphatic heterocycles. The molecule has 0 aromatic heterocycles. The summed E-state index contributed by atoms with van der Waals surface area (Å²) < 4.78 is 0. The van der Waals surface area contributed by atoms with Gasteiger partial charge in [0.25, 0.3) is 0 Å². The number of benzene rings is 8. The second kappa shape index (κ2) is 20.3. The molecule has 296 valence electrons. The molecule has 0 bridgehead atoms. The summed E-state index contributed by atoms with van der Waals surface area (Å²) in [6.07, 6.45) is 8.89. The molecule has 0 saturated heterocycles. The molecule has 0 amide bonds. The first kappa shape index (κ1) is 41.4. The van der Waals surface area contributed by atoms with E-state index in [1.165, 1.54) is 77.6 Å². The van der Waals surface area contributed by atoms with Crippen LogP contribution < -0.4 is 0 Å². The topological polar surface area (TPSA) is 0 Å². The quantitative estimate of drug-likeness (QED) is 0.115. The Balaban J connectivity index is 0.000000183. The Morgan fingerprint density at radius 3 is 1.55 bits per heavy atom. The van der Waals surface area contributed by atoms with Crippen molar-refractivity contribution in [1.29, 1.82) is 0 Å². The fourth-order valence-electron chi connectivity index (χ4n) is 7.82. The van der Waals surface area contributed by atoms with Gasteiger partial charge in [0, 0.05) is 5.92 Å². The molecule has 0 spiro atoms. The van der Waals surface area contributed by atoms with Gasteiger partial charge in [-0.25, -0.2) is 0 Å². The Bertz CT molecular complexity index is 2640. The molecule has 0 radical (unpaired) electrons. The molecule has 0 aliphatic carbocycles. The van der Waals surface area contributed by atoms with Gasteiger partial charge in [0.15, 0.2) is 0 Å². The van der Waals surface area contributed by atoms with E-state index in [-0.39, 0.29) is 0 Å². The van der Waals surface area contributed by atoms with Crippen molar-refractivity contribution in [3.05, 3.63) is 263 Å². The summed E-state index contributed by atoms with van der Waals surface area (Å²) in [5.74, 6) is 1.12. The summed E-state index contributed by atoms with van der Waals surface area (Å²) >= 11 is 0. The van der Waals surface area contributed by atoms with Crippen LogP contribution in [0.2, 0.25) is 0 Å². The van der Waals surface area contributed by atoms with Gasteiger partial charge in [-0.3, -0.25) is 0 Å². The molecular weight excluding hydrogens is 721 g/mol. The normalized spacial score (nSPS) is 12.9. The van der Waals surface area contributed by atoms with E-state index in [0.29, 0.717) is 17.8 Å². The van der Waals surface area contributed by atoms with Crippen LogP contribution in [0.4, 0.5) is 0 Å². The Hall–Kier alpha value is -6.76. The fourth-order valence-corrected chi connectivity index (χ4v) is 7.82. The standard InChI is InChI=1S/C32H28.C28H28/c1-23-12-14-27(15-13-23)28-18-16-25(17-19-28)24(2)32(29-9-4-3-5-10-29)31-21-20-26-8-6-7-11-30(26)22-31;1-22(2)25(18-14-23(3)26-10-6-4-7-11-26)19-15-24-16-20-28(21-17-24)27-12-8-5-9-13-27/h3-22,24,32H,1-2H3;4-22H,1-3H3/b;19-15+,23-14+,25-18-. The molecule has 0 aliphatic rings. The van der Waals surface area contributed by atoms with Gasteiger partial charge in [-0.1, -0.05) is 257 Å². The number of fused-ring (bicyclic) bond motifs is 1. The third-order valence-electron chi connectivity index (χ3n) is 11.5. The van der Waals surface area contributed by atoms with Crippen molar-refractivity contribution in [3.63, 3.8) is 0 Å². The average Bonchev–Trinajstić information content (AvgIpc) is 3.30. The molecule has 0 heterocycles. The van der Waals surface area contributed by atoms with E-state index >= 15 is 0 Å². The lowest BCUT2D eigenvalue weighted by Gasteiger charge is -2.26. The van der Waals surface area contributed by atoms with Crippen molar-refractivity contribution >= 4 is 22.4 Å². The Morgan fingerprint density at radius 2 is 0.933 bits per heavy atom. The first-order chi connectivity index (χ1) is 29.3. The first-order valence-corrected chi connectivity index (χ1v) is 21.3. The average molecular weight is 777 g/mol. The molecule has 0 fully saturated rings. The maximum absolute atomic E-state index is 2.37. The van der Waals surface area contributed by atoms with Crippen LogP contribution in [-0.2, 0) is 0 Å². The molecule has 60 heavy (non-hydrogen) atoms. The van der Waals surface area contributed by atoms with Gasteiger partial charge in [-0.05, 0) is 97.7 Å². The van der Waals surface area contributed by atoms with Crippen LogP contribution in [0.1, 0.15) is 72.9 Å². The number of allylic oxidation sites excluding steroid dienone is 5. The molecule has 2 atom stereocenters.